The van der Waals surface area contributed by atoms with Gasteiger partial charge in [-0.05, 0) is 25.2 Å². The number of rotatable bonds is 8. The second kappa shape index (κ2) is 7.78. The molecule has 0 aromatic carbocycles. The highest BCUT2D eigenvalue weighted by Gasteiger charge is 2.31. The number of nitrogens with two attached hydrogens (primary N) is 1. The zero-order valence-corrected chi connectivity index (χ0v) is 12.1. The van der Waals surface area contributed by atoms with E-state index in [4.69, 9.17) is 5.73 Å². The second-order valence-corrected chi connectivity index (χ2v) is 5.97. The van der Waals surface area contributed by atoms with E-state index >= 15 is 0 Å². The van der Waals surface area contributed by atoms with Crippen LogP contribution in [-0.2, 0) is 4.79 Å². The Labute approximate surface area is 112 Å². The first-order valence-electron chi connectivity index (χ1n) is 7.65. The zero-order chi connectivity index (χ0) is 13.4. The molecule has 18 heavy (non-hydrogen) atoms. The Morgan fingerprint density at radius 2 is 2.00 bits per heavy atom. The number of nitrogens with one attached hydrogen (secondary N) is 1. The number of unbranched alkanes of at least 4 members (excludes halogenated alkanes) is 1. The fourth-order valence-electron chi connectivity index (χ4n) is 2.84. The van der Waals surface area contributed by atoms with Gasteiger partial charge in [-0.15, -0.1) is 0 Å². The molecule has 1 aliphatic rings. The topological polar surface area (TPSA) is 55.1 Å². The van der Waals surface area contributed by atoms with Crippen molar-refractivity contribution in [1.29, 1.82) is 0 Å². The van der Waals surface area contributed by atoms with Gasteiger partial charge < -0.3 is 11.1 Å². The van der Waals surface area contributed by atoms with Crippen LogP contribution in [-0.4, -0.2) is 18.0 Å². The van der Waals surface area contributed by atoms with E-state index in [-0.39, 0.29) is 11.4 Å². The molecule has 1 amide bonds. The molecule has 0 aromatic heterocycles. The van der Waals surface area contributed by atoms with Crippen LogP contribution in [0.15, 0.2) is 0 Å². The molecule has 0 spiro atoms. The van der Waals surface area contributed by atoms with Gasteiger partial charge in [0.2, 0.25) is 5.91 Å². The molecule has 0 saturated heterocycles. The van der Waals surface area contributed by atoms with E-state index < -0.39 is 0 Å². The van der Waals surface area contributed by atoms with Crippen LogP contribution in [0.25, 0.3) is 0 Å². The molecular formula is C15H30N2O. The molecule has 1 rings (SSSR count). The SMILES string of the molecule is CCCCC(CC)CNC(=O)CC1(N)CCCC1. The van der Waals surface area contributed by atoms with Crippen molar-refractivity contribution in [3.63, 3.8) is 0 Å². The Balaban J connectivity index is 2.22. The Morgan fingerprint density at radius 3 is 2.56 bits per heavy atom. The molecule has 0 heterocycles. The summed E-state index contributed by atoms with van der Waals surface area (Å²) in [5, 5.41) is 3.08. The maximum atomic E-state index is 11.9. The Bertz CT molecular complexity index is 247. The van der Waals surface area contributed by atoms with E-state index in [9.17, 15) is 4.79 Å². The zero-order valence-electron chi connectivity index (χ0n) is 12.1. The van der Waals surface area contributed by atoms with Crippen LogP contribution >= 0.6 is 0 Å². The Kier molecular flexibility index (Phi) is 6.69. The second-order valence-electron chi connectivity index (χ2n) is 5.97. The van der Waals surface area contributed by atoms with E-state index in [0.717, 1.165) is 25.8 Å². The van der Waals surface area contributed by atoms with Crippen molar-refractivity contribution >= 4 is 5.91 Å². The molecule has 1 aliphatic carbocycles. The smallest absolute Gasteiger partial charge is 0.221 e. The average molecular weight is 254 g/mol. The highest BCUT2D eigenvalue weighted by atomic mass is 16.1. The molecule has 3 N–H and O–H groups in total. The van der Waals surface area contributed by atoms with Gasteiger partial charge in [-0.2, -0.15) is 0 Å². The van der Waals surface area contributed by atoms with Gasteiger partial charge in [0.1, 0.15) is 0 Å². The van der Waals surface area contributed by atoms with E-state index in [2.05, 4.69) is 19.2 Å². The molecule has 1 fully saturated rings. The van der Waals surface area contributed by atoms with Crippen LogP contribution in [0, 0.1) is 5.92 Å². The summed E-state index contributed by atoms with van der Waals surface area (Å²) in [4.78, 5) is 11.9. The summed E-state index contributed by atoms with van der Waals surface area (Å²) in [6, 6.07) is 0. The lowest BCUT2D eigenvalue weighted by Crippen LogP contribution is -2.43. The highest BCUT2D eigenvalue weighted by Crippen LogP contribution is 2.29. The quantitative estimate of drug-likeness (QED) is 0.699. The normalized spacial score (nSPS) is 19.7. The summed E-state index contributed by atoms with van der Waals surface area (Å²) in [6.07, 6.45) is 9.74. The first-order valence-corrected chi connectivity index (χ1v) is 7.65. The summed E-state index contributed by atoms with van der Waals surface area (Å²) < 4.78 is 0. The van der Waals surface area contributed by atoms with Crippen molar-refractivity contribution < 1.29 is 4.79 Å². The summed E-state index contributed by atoms with van der Waals surface area (Å²) in [5.41, 5.74) is 6.01. The van der Waals surface area contributed by atoms with Crippen LogP contribution < -0.4 is 11.1 Å². The highest BCUT2D eigenvalue weighted by molar-refractivity contribution is 5.77. The number of hydrogen-bond donors (Lipinski definition) is 2. The molecule has 3 heteroatoms. The van der Waals surface area contributed by atoms with Crippen molar-refractivity contribution in [3.8, 4) is 0 Å². The fraction of sp³-hybridized carbons (Fsp3) is 0.933. The lowest BCUT2D eigenvalue weighted by atomic mass is 9.94. The standard InChI is InChI=1S/C15H30N2O/c1-3-5-8-13(4-2)12-17-14(18)11-15(16)9-6-7-10-15/h13H,3-12,16H2,1-2H3,(H,17,18). The minimum atomic E-state index is -0.213. The van der Waals surface area contributed by atoms with Crippen LogP contribution in [0.3, 0.4) is 0 Å². The third-order valence-corrected chi connectivity index (χ3v) is 4.24. The molecule has 106 valence electrons. The monoisotopic (exact) mass is 254 g/mol. The number of carbonyl (C=O) groups excluding carboxylic acids is 1. The minimum Gasteiger partial charge on any atom is -0.356 e. The molecule has 0 radical (unpaired) electrons. The van der Waals surface area contributed by atoms with E-state index in [1.165, 1.54) is 32.1 Å². The van der Waals surface area contributed by atoms with Gasteiger partial charge in [0.15, 0.2) is 0 Å². The molecule has 0 aliphatic heterocycles. The number of hydrogen-bond acceptors (Lipinski definition) is 2. The summed E-state index contributed by atoms with van der Waals surface area (Å²) in [6.45, 7) is 5.24. The van der Waals surface area contributed by atoms with Crippen molar-refractivity contribution in [2.45, 2.75) is 77.2 Å². The van der Waals surface area contributed by atoms with Gasteiger partial charge >= 0.3 is 0 Å². The predicted octanol–water partition coefficient (Wildman–Crippen LogP) is 2.98. The van der Waals surface area contributed by atoms with Crippen molar-refractivity contribution in [3.05, 3.63) is 0 Å². The van der Waals surface area contributed by atoms with Gasteiger partial charge in [-0.1, -0.05) is 46.0 Å². The van der Waals surface area contributed by atoms with Crippen LogP contribution in [0.4, 0.5) is 0 Å². The third-order valence-electron chi connectivity index (χ3n) is 4.24. The Morgan fingerprint density at radius 1 is 1.33 bits per heavy atom. The first kappa shape index (κ1) is 15.5. The van der Waals surface area contributed by atoms with E-state index in [1.807, 2.05) is 0 Å². The molecule has 1 atom stereocenters. The van der Waals surface area contributed by atoms with Gasteiger partial charge in [0.05, 0.1) is 0 Å². The maximum absolute atomic E-state index is 11.9. The van der Waals surface area contributed by atoms with Gasteiger partial charge in [-0.25, -0.2) is 0 Å². The lowest BCUT2D eigenvalue weighted by molar-refractivity contribution is -0.122. The molecular weight excluding hydrogens is 224 g/mol. The fourth-order valence-corrected chi connectivity index (χ4v) is 2.84. The van der Waals surface area contributed by atoms with Gasteiger partial charge in [0, 0.05) is 18.5 Å². The van der Waals surface area contributed by atoms with Gasteiger partial charge in [-0.3, -0.25) is 4.79 Å². The molecule has 3 nitrogen and oxygen atoms in total. The van der Waals surface area contributed by atoms with Crippen molar-refractivity contribution in [2.24, 2.45) is 11.7 Å². The van der Waals surface area contributed by atoms with Crippen molar-refractivity contribution in [1.82, 2.24) is 5.32 Å². The largest absolute Gasteiger partial charge is 0.356 e. The maximum Gasteiger partial charge on any atom is 0.221 e. The minimum absolute atomic E-state index is 0.148. The molecule has 1 saturated carbocycles. The first-order chi connectivity index (χ1) is 8.59. The Hall–Kier alpha value is -0.570. The molecule has 0 aromatic rings. The summed E-state index contributed by atoms with van der Waals surface area (Å²) in [7, 11) is 0. The molecule has 1 unspecified atom stereocenters. The predicted molar refractivity (Wildman–Crippen MR) is 76.3 cm³/mol. The number of carbonyl (C=O) groups is 1. The summed E-state index contributed by atoms with van der Waals surface area (Å²) >= 11 is 0. The van der Waals surface area contributed by atoms with E-state index in [1.54, 1.807) is 0 Å². The number of amides is 1. The van der Waals surface area contributed by atoms with Crippen LogP contribution in [0.1, 0.15) is 71.6 Å². The van der Waals surface area contributed by atoms with E-state index in [0.29, 0.717) is 12.3 Å². The van der Waals surface area contributed by atoms with Crippen LogP contribution in [0.2, 0.25) is 0 Å². The van der Waals surface area contributed by atoms with Gasteiger partial charge in [0.25, 0.3) is 0 Å². The lowest BCUT2D eigenvalue weighted by Gasteiger charge is -2.23. The van der Waals surface area contributed by atoms with Crippen molar-refractivity contribution in [2.75, 3.05) is 6.54 Å². The average Bonchev–Trinajstić information content (AvgIpc) is 2.76. The van der Waals surface area contributed by atoms with Crippen LogP contribution in [0.5, 0.6) is 0 Å². The summed E-state index contributed by atoms with van der Waals surface area (Å²) in [5.74, 6) is 0.778. The third kappa shape index (κ3) is 5.38. The molecule has 0 bridgehead atoms.